The van der Waals surface area contributed by atoms with E-state index in [1.165, 1.54) is 12.1 Å². The monoisotopic (exact) mass is 269 g/mol. The van der Waals surface area contributed by atoms with Crippen molar-refractivity contribution in [2.45, 2.75) is 6.42 Å². The maximum atomic E-state index is 13.5. The molecule has 0 aromatic heterocycles. The second-order valence-corrected chi connectivity index (χ2v) is 3.81. The molecule has 7 heteroatoms. The van der Waals surface area contributed by atoms with E-state index in [2.05, 4.69) is 16.0 Å². The van der Waals surface area contributed by atoms with Crippen molar-refractivity contribution in [3.63, 3.8) is 0 Å². The number of aromatic carboxylic acids is 1. The normalized spacial score (nSPS) is 10.0. The number of carbonyl (C=O) groups excluding carboxylic acids is 1. The van der Waals surface area contributed by atoms with Gasteiger partial charge in [-0.25, -0.2) is 14.0 Å². The van der Waals surface area contributed by atoms with Gasteiger partial charge in [-0.3, -0.25) is 0 Å². The van der Waals surface area contributed by atoms with E-state index in [9.17, 15) is 14.0 Å². The van der Waals surface area contributed by atoms with Crippen LogP contribution in [0.3, 0.4) is 0 Å². The van der Waals surface area contributed by atoms with E-state index in [4.69, 9.17) is 5.11 Å². The molecular formula is C12H16FN3O3. The smallest absolute Gasteiger partial charge is 0.337 e. The topological polar surface area (TPSA) is 90.5 Å². The van der Waals surface area contributed by atoms with Crippen LogP contribution < -0.4 is 16.0 Å². The van der Waals surface area contributed by atoms with E-state index >= 15 is 0 Å². The predicted molar refractivity (Wildman–Crippen MR) is 68.9 cm³/mol. The Kier molecular flexibility index (Phi) is 5.74. The molecule has 0 radical (unpaired) electrons. The lowest BCUT2D eigenvalue weighted by Gasteiger charge is -2.10. The lowest BCUT2D eigenvalue weighted by atomic mass is 10.1. The Bertz CT molecular complexity index is 466. The van der Waals surface area contributed by atoms with Crippen LogP contribution in [0, 0.1) is 5.82 Å². The average molecular weight is 269 g/mol. The van der Waals surface area contributed by atoms with Crippen LogP contribution in [0.4, 0.5) is 14.9 Å². The molecule has 0 atom stereocenters. The van der Waals surface area contributed by atoms with Gasteiger partial charge >= 0.3 is 12.0 Å². The summed E-state index contributed by atoms with van der Waals surface area (Å²) in [6, 6.07) is 2.95. The summed E-state index contributed by atoms with van der Waals surface area (Å²) in [4.78, 5) is 22.4. The van der Waals surface area contributed by atoms with Crippen molar-refractivity contribution in [2.24, 2.45) is 0 Å². The van der Waals surface area contributed by atoms with Gasteiger partial charge in [0.2, 0.25) is 0 Å². The third-order valence-electron chi connectivity index (χ3n) is 2.37. The molecule has 0 unspecified atom stereocenters. The van der Waals surface area contributed by atoms with Crippen LogP contribution in [0.25, 0.3) is 0 Å². The zero-order valence-corrected chi connectivity index (χ0v) is 10.5. The van der Waals surface area contributed by atoms with E-state index in [0.717, 1.165) is 12.6 Å². The maximum Gasteiger partial charge on any atom is 0.337 e. The van der Waals surface area contributed by atoms with Gasteiger partial charge in [-0.15, -0.1) is 0 Å². The fourth-order valence-electron chi connectivity index (χ4n) is 1.45. The minimum Gasteiger partial charge on any atom is -0.478 e. The first-order valence-electron chi connectivity index (χ1n) is 5.77. The number of amides is 2. The van der Waals surface area contributed by atoms with Gasteiger partial charge in [0, 0.05) is 6.54 Å². The number of nitrogens with one attached hydrogen (secondary N) is 3. The standard InChI is InChI=1S/C12H16FN3O3/c1-14-6-3-7-15-12(19)16-10-8(11(17)18)4-2-5-9(10)13/h2,4-5,14H,3,6-7H2,1H3,(H,17,18)(H2,15,16,19). The molecule has 1 aromatic carbocycles. The van der Waals surface area contributed by atoms with Crippen LogP contribution in [0.15, 0.2) is 18.2 Å². The van der Waals surface area contributed by atoms with Gasteiger partial charge in [0.1, 0.15) is 5.82 Å². The summed E-state index contributed by atoms with van der Waals surface area (Å²) in [7, 11) is 1.79. The largest absolute Gasteiger partial charge is 0.478 e. The molecule has 0 spiro atoms. The van der Waals surface area contributed by atoms with Crippen LogP contribution in [-0.4, -0.2) is 37.2 Å². The summed E-state index contributed by atoms with van der Waals surface area (Å²) in [6.07, 6.45) is 0.715. The molecule has 0 aliphatic heterocycles. The van der Waals surface area contributed by atoms with Gasteiger partial charge in [-0.2, -0.15) is 0 Å². The number of urea groups is 1. The van der Waals surface area contributed by atoms with E-state index in [1.807, 2.05) is 0 Å². The van der Waals surface area contributed by atoms with Crippen molar-refractivity contribution < 1.29 is 19.1 Å². The zero-order chi connectivity index (χ0) is 14.3. The molecule has 0 aliphatic rings. The number of halogens is 1. The highest BCUT2D eigenvalue weighted by Crippen LogP contribution is 2.19. The quantitative estimate of drug-likeness (QED) is 0.585. The van der Waals surface area contributed by atoms with Gasteiger partial charge < -0.3 is 21.1 Å². The summed E-state index contributed by atoms with van der Waals surface area (Å²) in [5.74, 6) is -2.09. The summed E-state index contributed by atoms with van der Waals surface area (Å²) in [6.45, 7) is 1.14. The molecule has 104 valence electrons. The maximum absolute atomic E-state index is 13.5. The van der Waals surface area contributed by atoms with Crippen LogP contribution >= 0.6 is 0 Å². The minimum absolute atomic E-state index is 0.287. The summed E-state index contributed by atoms with van der Waals surface area (Å²) in [5.41, 5.74) is -0.619. The Labute approximate surface area is 110 Å². The zero-order valence-electron chi connectivity index (χ0n) is 10.5. The number of benzene rings is 1. The molecule has 0 bridgehead atoms. The van der Waals surface area contributed by atoms with Crippen molar-refractivity contribution in [1.82, 2.24) is 10.6 Å². The highest BCUT2D eigenvalue weighted by molar-refractivity contribution is 6.00. The van der Waals surface area contributed by atoms with Crippen LogP contribution in [0.5, 0.6) is 0 Å². The molecule has 19 heavy (non-hydrogen) atoms. The molecule has 6 nitrogen and oxygen atoms in total. The summed E-state index contributed by atoms with van der Waals surface area (Å²) >= 11 is 0. The summed E-state index contributed by atoms with van der Waals surface area (Å²) in [5, 5.41) is 16.5. The number of carbonyl (C=O) groups is 2. The average Bonchev–Trinajstić information content (AvgIpc) is 2.37. The van der Waals surface area contributed by atoms with Crippen molar-refractivity contribution in [3.8, 4) is 0 Å². The first-order chi connectivity index (χ1) is 9.06. The van der Waals surface area contributed by atoms with Crippen LogP contribution in [0.1, 0.15) is 16.8 Å². The molecule has 4 N–H and O–H groups in total. The van der Waals surface area contributed by atoms with Crippen molar-refractivity contribution in [3.05, 3.63) is 29.6 Å². The Morgan fingerprint density at radius 1 is 1.32 bits per heavy atom. The third-order valence-corrected chi connectivity index (χ3v) is 2.37. The molecule has 0 fully saturated rings. The number of para-hydroxylation sites is 1. The van der Waals surface area contributed by atoms with E-state index < -0.39 is 17.8 Å². The van der Waals surface area contributed by atoms with Crippen molar-refractivity contribution in [2.75, 3.05) is 25.5 Å². The Morgan fingerprint density at radius 3 is 2.68 bits per heavy atom. The second kappa shape index (κ2) is 7.32. The molecule has 0 aliphatic carbocycles. The lowest BCUT2D eigenvalue weighted by Crippen LogP contribution is -2.31. The predicted octanol–water partition coefficient (Wildman–Crippen LogP) is 1.25. The van der Waals surface area contributed by atoms with Gasteiger partial charge in [0.15, 0.2) is 0 Å². The summed E-state index contributed by atoms with van der Waals surface area (Å²) < 4.78 is 13.5. The molecule has 0 saturated carbocycles. The number of carboxylic acid groups (broad SMARTS) is 1. The number of carboxylic acids is 1. The van der Waals surface area contributed by atoms with Crippen LogP contribution in [-0.2, 0) is 0 Å². The minimum atomic E-state index is -1.30. The van der Waals surface area contributed by atoms with Gasteiger partial charge in [-0.05, 0) is 32.1 Å². The van der Waals surface area contributed by atoms with Gasteiger partial charge in [0.05, 0.1) is 11.3 Å². The fraction of sp³-hybridized carbons (Fsp3) is 0.333. The molecular weight excluding hydrogens is 253 g/mol. The first-order valence-corrected chi connectivity index (χ1v) is 5.77. The van der Waals surface area contributed by atoms with Gasteiger partial charge in [-0.1, -0.05) is 6.07 Å². The number of anilines is 1. The van der Waals surface area contributed by atoms with E-state index in [1.54, 1.807) is 7.05 Å². The SMILES string of the molecule is CNCCCNC(=O)Nc1c(F)cccc1C(=O)O. The fourth-order valence-corrected chi connectivity index (χ4v) is 1.45. The molecule has 1 rings (SSSR count). The lowest BCUT2D eigenvalue weighted by molar-refractivity contribution is 0.0697. The Hall–Kier alpha value is -2.15. The van der Waals surface area contributed by atoms with E-state index in [0.29, 0.717) is 13.0 Å². The van der Waals surface area contributed by atoms with Crippen LogP contribution in [0.2, 0.25) is 0 Å². The number of rotatable bonds is 6. The number of hydrogen-bond donors (Lipinski definition) is 4. The third kappa shape index (κ3) is 4.55. The van der Waals surface area contributed by atoms with Crippen molar-refractivity contribution in [1.29, 1.82) is 0 Å². The Morgan fingerprint density at radius 2 is 2.05 bits per heavy atom. The van der Waals surface area contributed by atoms with Crippen molar-refractivity contribution >= 4 is 17.7 Å². The molecule has 0 heterocycles. The molecule has 2 amide bonds. The molecule has 1 aromatic rings. The molecule has 0 saturated heterocycles. The number of hydrogen-bond acceptors (Lipinski definition) is 3. The first kappa shape index (κ1) is 14.9. The Balaban J connectivity index is 2.66. The highest BCUT2D eigenvalue weighted by atomic mass is 19.1. The van der Waals surface area contributed by atoms with Gasteiger partial charge in [0.25, 0.3) is 0 Å². The second-order valence-electron chi connectivity index (χ2n) is 3.81. The highest BCUT2D eigenvalue weighted by Gasteiger charge is 2.16. The van der Waals surface area contributed by atoms with E-state index in [-0.39, 0.29) is 11.3 Å².